The third kappa shape index (κ3) is 4.29. The molecule has 1 aliphatic carbocycles. The molecule has 1 amide bonds. The van der Waals surface area contributed by atoms with Crippen LogP contribution in [0.3, 0.4) is 0 Å². The van der Waals surface area contributed by atoms with Crippen molar-refractivity contribution in [2.24, 2.45) is 11.7 Å². The minimum absolute atomic E-state index is 0.0879. The number of nitrogens with zero attached hydrogens (tertiary/aromatic N) is 1. The first-order valence-electron chi connectivity index (χ1n) is 9.95. The Morgan fingerprint density at radius 2 is 1.81 bits per heavy atom. The summed E-state index contributed by atoms with van der Waals surface area (Å²) in [5, 5.41) is 1.10. The Kier molecular flexibility index (Phi) is 6.09. The molecule has 1 unspecified atom stereocenters. The molecule has 2 N–H and O–H groups in total. The van der Waals surface area contributed by atoms with E-state index >= 15 is 0 Å². The summed E-state index contributed by atoms with van der Waals surface area (Å²) >= 11 is 0. The van der Waals surface area contributed by atoms with Gasteiger partial charge in [-0.3, -0.25) is 14.4 Å². The molecule has 0 saturated heterocycles. The quantitative estimate of drug-likeness (QED) is 0.618. The largest absolute Gasteiger partial charge is 0.368 e. The minimum atomic E-state index is -0.725. The predicted octanol–water partition coefficient (Wildman–Crippen LogP) is 3.98. The molecular weight excluding hydrogens is 340 g/mol. The number of carbonyl (C=O) groups excluding carboxylic acids is 2. The van der Waals surface area contributed by atoms with Crippen molar-refractivity contribution >= 4 is 22.5 Å². The maximum Gasteiger partial charge on any atom is 0.259 e. The smallest absolute Gasteiger partial charge is 0.259 e. The minimum Gasteiger partial charge on any atom is -0.368 e. The number of pyridine rings is 1. The molecule has 27 heavy (non-hydrogen) atoms. The lowest BCUT2D eigenvalue weighted by Gasteiger charge is -2.15. The summed E-state index contributed by atoms with van der Waals surface area (Å²) in [6, 6.07) is 6.25. The lowest BCUT2D eigenvalue weighted by molar-refractivity contribution is -0.120. The zero-order chi connectivity index (χ0) is 19.4. The standard InChI is InChI=1S/C22H28N2O3/c1-15(21(23)26)24-14-13-17-18(9-6-10-19(17)22(24)27)20(25)12-11-16-7-4-2-3-5-8-16/h6,9-10,13-16H,2-5,7-8,11-12H2,1H3,(H2,23,26). The van der Waals surface area contributed by atoms with E-state index in [0.717, 1.165) is 6.42 Å². The molecule has 1 atom stereocenters. The van der Waals surface area contributed by atoms with E-state index in [-0.39, 0.29) is 11.3 Å². The molecule has 1 heterocycles. The predicted molar refractivity (Wildman–Crippen MR) is 107 cm³/mol. The molecule has 0 spiro atoms. The molecule has 1 saturated carbocycles. The first-order valence-corrected chi connectivity index (χ1v) is 9.95. The Morgan fingerprint density at radius 3 is 2.48 bits per heavy atom. The number of hydrogen-bond acceptors (Lipinski definition) is 3. The third-order valence-electron chi connectivity index (χ3n) is 5.86. The molecule has 1 aliphatic rings. The SMILES string of the molecule is CC(C(N)=O)n1ccc2c(C(=O)CCC3CCCCCC3)cccc2c1=O. The van der Waals surface area contributed by atoms with Gasteiger partial charge in [0.2, 0.25) is 5.91 Å². The lowest BCUT2D eigenvalue weighted by atomic mass is 9.91. The van der Waals surface area contributed by atoms with Crippen LogP contribution in [0.4, 0.5) is 0 Å². The maximum absolute atomic E-state index is 12.8. The number of benzene rings is 1. The normalized spacial score (nSPS) is 16.8. The number of hydrogen-bond donors (Lipinski definition) is 1. The van der Waals surface area contributed by atoms with Crippen LogP contribution in [0.15, 0.2) is 35.3 Å². The first-order chi connectivity index (χ1) is 13.0. The lowest BCUT2D eigenvalue weighted by Crippen LogP contribution is -2.31. The Hall–Kier alpha value is -2.43. The highest BCUT2D eigenvalue weighted by molar-refractivity contribution is 6.07. The summed E-state index contributed by atoms with van der Waals surface area (Å²) in [5.74, 6) is 0.164. The molecule has 0 radical (unpaired) electrons. The molecule has 5 heteroatoms. The molecule has 0 aliphatic heterocycles. The van der Waals surface area contributed by atoms with Crippen LogP contribution in [-0.4, -0.2) is 16.3 Å². The zero-order valence-corrected chi connectivity index (χ0v) is 15.9. The van der Waals surface area contributed by atoms with Gasteiger partial charge in [0.1, 0.15) is 6.04 Å². The number of Topliss-reactive ketones (excluding diaryl/α,β-unsaturated/α-hetero) is 1. The third-order valence-corrected chi connectivity index (χ3v) is 5.86. The Labute approximate surface area is 159 Å². The topological polar surface area (TPSA) is 82.2 Å². The van der Waals surface area contributed by atoms with E-state index in [2.05, 4.69) is 0 Å². The maximum atomic E-state index is 12.8. The van der Waals surface area contributed by atoms with Gasteiger partial charge in [-0.25, -0.2) is 0 Å². The highest BCUT2D eigenvalue weighted by Gasteiger charge is 2.18. The summed E-state index contributed by atoms with van der Waals surface area (Å²) in [6.07, 6.45) is 10.6. The van der Waals surface area contributed by atoms with Crippen LogP contribution in [0, 0.1) is 5.92 Å². The van der Waals surface area contributed by atoms with Crippen LogP contribution in [-0.2, 0) is 4.79 Å². The van der Waals surface area contributed by atoms with E-state index in [1.165, 1.54) is 43.1 Å². The van der Waals surface area contributed by atoms with Crippen molar-refractivity contribution < 1.29 is 9.59 Å². The molecule has 1 aromatic carbocycles. The Balaban J connectivity index is 1.84. The summed E-state index contributed by atoms with van der Waals surface area (Å²) in [6.45, 7) is 1.59. The van der Waals surface area contributed by atoms with Gasteiger partial charge in [0.25, 0.3) is 5.56 Å². The van der Waals surface area contributed by atoms with Gasteiger partial charge >= 0.3 is 0 Å². The molecule has 0 bridgehead atoms. The second-order valence-electron chi connectivity index (χ2n) is 7.69. The van der Waals surface area contributed by atoms with Crippen LogP contribution in [0.2, 0.25) is 0 Å². The van der Waals surface area contributed by atoms with E-state index in [1.54, 1.807) is 37.4 Å². The average molecular weight is 368 g/mol. The Bertz CT molecular complexity index is 892. The van der Waals surface area contributed by atoms with Crippen LogP contribution in [0.25, 0.3) is 10.8 Å². The highest BCUT2D eigenvalue weighted by Crippen LogP contribution is 2.27. The van der Waals surface area contributed by atoms with E-state index in [4.69, 9.17) is 5.73 Å². The zero-order valence-electron chi connectivity index (χ0n) is 15.9. The van der Waals surface area contributed by atoms with Gasteiger partial charge in [0.15, 0.2) is 5.78 Å². The fourth-order valence-electron chi connectivity index (χ4n) is 4.10. The van der Waals surface area contributed by atoms with Crippen LogP contribution < -0.4 is 11.3 Å². The van der Waals surface area contributed by atoms with E-state index in [1.807, 2.05) is 0 Å². The highest BCUT2D eigenvalue weighted by atomic mass is 16.2. The molecule has 3 rings (SSSR count). The number of aromatic nitrogens is 1. The van der Waals surface area contributed by atoms with E-state index < -0.39 is 11.9 Å². The summed E-state index contributed by atoms with van der Waals surface area (Å²) in [4.78, 5) is 37.0. The molecule has 2 aromatic rings. The summed E-state index contributed by atoms with van der Waals surface area (Å²) < 4.78 is 1.32. The monoisotopic (exact) mass is 368 g/mol. The van der Waals surface area contributed by atoms with Gasteiger partial charge in [-0.15, -0.1) is 0 Å². The van der Waals surface area contributed by atoms with Crippen molar-refractivity contribution in [1.82, 2.24) is 4.57 Å². The second-order valence-corrected chi connectivity index (χ2v) is 7.69. The van der Waals surface area contributed by atoms with Gasteiger partial charge in [-0.1, -0.05) is 50.7 Å². The van der Waals surface area contributed by atoms with E-state index in [9.17, 15) is 14.4 Å². The van der Waals surface area contributed by atoms with Crippen LogP contribution in [0.1, 0.15) is 74.7 Å². The van der Waals surface area contributed by atoms with Gasteiger partial charge in [0, 0.05) is 23.6 Å². The second kappa shape index (κ2) is 8.51. The number of fused-ring (bicyclic) bond motifs is 1. The fraction of sp³-hybridized carbons (Fsp3) is 0.500. The number of nitrogens with two attached hydrogens (primary N) is 1. The molecule has 144 valence electrons. The average Bonchev–Trinajstić information content (AvgIpc) is 2.94. The van der Waals surface area contributed by atoms with Crippen LogP contribution >= 0.6 is 0 Å². The van der Waals surface area contributed by atoms with Crippen molar-refractivity contribution in [2.75, 3.05) is 0 Å². The molecule has 1 aromatic heterocycles. The van der Waals surface area contributed by atoms with E-state index in [0.29, 0.717) is 28.7 Å². The number of ketones is 1. The van der Waals surface area contributed by atoms with Gasteiger partial charge in [0.05, 0.1) is 0 Å². The molecular formula is C22H28N2O3. The number of carbonyl (C=O) groups is 2. The number of rotatable bonds is 6. The van der Waals surface area contributed by atoms with Crippen molar-refractivity contribution in [2.45, 2.75) is 64.3 Å². The molecule has 1 fully saturated rings. The van der Waals surface area contributed by atoms with Crippen molar-refractivity contribution in [3.8, 4) is 0 Å². The molecule has 5 nitrogen and oxygen atoms in total. The number of amides is 1. The van der Waals surface area contributed by atoms with Crippen LogP contribution in [0.5, 0.6) is 0 Å². The summed E-state index contributed by atoms with van der Waals surface area (Å²) in [5.41, 5.74) is 5.63. The van der Waals surface area contributed by atoms with Gasteiger partial charge in [-0.2, -0.15) is 0 Å². The van der Waals surface area contributed by atoms with Crippen molar-refractivity contribution in [3.05, 3.63) is 46.4 Å². The van der Waals surface area contributed by atoms with Gasteiger partial charge < -0.3 is 10.3 Å². The Morgan fingerprint density at radius 1 is 1.11 bits per heavy atom. The van der Waals surface area contributed by atoms with Crippen molar-refractivity contribution in [1.29, 1.82) is 0 Å². The summed E-state index contributed by atoms with van der Waals surface area (Å²) in [7, 11) is 0. The fourth-order valence-corrected chi connectivity index (χ4v) is 4.10. The first kappa shape index (κ1) is 19.3. The van der Waals surface area contributed by atoms with Gasteiger partial charge in [-0.05, 0) is 36.8 Å². The number of primary amides is 1. The van der Waals surface area contributed by atoms with Crippen molar-refractivity contribution in [3.63, 3.8) is 0 Å².